The number of aromatic nitrogens is 6. The average molecular weight is 508 g/mol. The average Bonchev–Trinajstić information content (AvgIpc) is 3.40. The first-order chi connectivity index (χ1) is 17.7. The quantitative estimate of drug-likeness (QED) is 0.410. The largest absolute Gasteiger partial charge is 0.324 e. The summed E-state index contributed by atoms with van der Waals surface area (Å²) in [4.78, 5) is 31.5. The lowest BCUT2D eigenvalue weighted by atomic mass is 10.1. The van der Waals surface area contributed by atoms with E-state index in [0.29, 0.717) is 22.6 Å². The molecule has 2 aliphatic rings. The fourth-order valence-electron chi connectivity index (χ4n) is 4.83. The van der Waals surface area contributed by atoms with Crippen LogP contribution in [0.3, 0.4) is 0 Å². The summed E-state index contributed by atoms with van der Waals surface area (Å²) in [6.45, 7) is 2.18. The van der Waals surface area contributed by atoms with E-state index in [1.165, 1.54) is 10.7 Å². The van der Waals surface area contributed by atoms with Crippen LogP contribution in [0.2, 0.25) is 0 Å². The molecule has 1 aliphatic heterocycles. The number of pyridine rings is 2. The molecule has 0 bridgehead atoms. The number of aryl methyl sites for hydroxylation is 2. The van der Waals surface area contributed by atoms with Gasteiger partial charge in [-0.15, -0.1) is 5.10 Å². The number of hydrogen-bond donors (Lipinski definition) is 2. The molecule has 190 valence electrons. The Hall–Kier alpha value is -4.26. The van der Waals surface area contributed by atoms with Crippen molar-refractivity contribution in [2.75, 3.05) is 30.3 Å². The molecule has 0 spiro atoms. The van der Waals surface area contributed by atoms with Crippen molar-refractivity contribution in [1.29, 1.82) is 0 Å². The monoisotopic (exact) mass is 507 g/mol. The summed E-state index contributed by atoms with van der Waals surface area (Å²) in [6, 6.07) is 5.22. The van der Waals surface area contributed by atoms with Gasteiger partial charge in [-0.3, -0.25) is 24.2 Å². The Morgan fingerprint density at radius 2 is 1.89 bits per heavy atom. The summed E-state index contributed by atoms with van der Waals surface area (Å²) in [5, 5.41) is 17.8. The van der Waals surface area contributed by atoms with E-state index in [9.17, 15) is 18.4 Å². The zero-order chi connectivity index (χ0) is 25.9. The van der Waals surface area contributed by atoms with E-state index in [1.807, 2.05) is 19.3 Å². The van der Waals surface area contributed by atoms with Crippen LogP contribution < -0.4 is 10.6 Å². The molecule has 2 amide bonds. The van der Waals surface area contributed by atoms with Crippen LogP contribution in [0.1, 0.15) is 16.2 Å². The van der Waals surface area contributed by atoms with Crippen molar-refractivity contribution in [2.24, 2.45) is 18.9 Å². The predicted octanol–water partition coefficient (Wildman–Crippen LogP) is 2.22. The van der Waals surface area contributed by atoms with Gasteiger partial charge in [0.25, 0.3) is 11.8 Å². The lowest BCUT2D eigenvalue weighted by Crippen LogP contribution is -2.35. The number of nitrogens with one attached hydrogen (secondary N) is 2. The lowest BCUT2D eigenvalue weighted by Gasteiger charge is -2.18. The van der Waals surface area contributed by atoms with Crippen molar-refractivity contribution in [3.63, 3.8) is 0 Å². The van der Waals surface area contributed by atoms with Crippen LogP contribution in [-0.4, -0.2) is 71.9 Å². The van der Waals surface area contributed by atoms with Gasteiger partial charge in [-0.25, -0.2) is 13.3 Å². The first-order valence-electron chi connectivity index (χ1n) is 11.7. The maximum atomic E-state index is 13.4. The van der Waals surface area contributed by atoms with Crippen LogP contribution in [0.15, 0.2) is 43.0 Å². The first kappa shape index (κ1) is 23.2. The number of hydrogen-bond acceptors (Lipinski definition) is 7. The van der Waals surface area contributed by atoms with Gasteiger partial charge in [0.15, 0.2) is 5.69 Å². The fraction of sp³-hybridized carbons (Fsp3) is 0.333. The van der Waals surface area contributed by atoms with Crippen LogP contribution in [-0.2, 0) is 11.8 Å². The van der Waals surface area contributed by atoms with E-state index in [-0.39, 0.29) is 31.2 Å². The van der Waals surface area contributed by atoms with E-state index in [0.717, 1.165) is 11.1 Å². The first-order valence-corrected chi connectivity index (χ1v) is 11.7. The molecule has 1 saturated carbocycles. The highest BCUT2D eigenvalue weighted by atomic mass is 19.3. The summed E-state index contributed by atoms with van der Waals surface area (Å²) in [5.74, 6) is -4.67. The fourth-order valence-corrected chi connectivity index (χ4v) is 4.83. The van der Waals surface area contributed by atoms with Gasteiger partial charge in [0.1, 0.15) is 0 Å². The number of carbonyl (C=O) groups is 2. The molecule has 2 unspecified atom stereocenters. The zero-order valence-corrected chi connectivity index (χ0v) is 20.0. The molecular formula is C24H23F2N9O2. The third-order valence-electron chi connectivity index (χ3n) is 6.93. The third-order valence-corrected chi connectivity index (χ3v) is 6.93. The smallest absolute Gasteiger partial charge is 0.278 e. The molecule has 37 heavy (non-hydrogen) atoms. The summed E-state index contributed by atoms with van der Waals surface area (Å²) in [6.07, 6.45) is 6.86. The van der Waals surface area contributed by atoms with Crippen LogP contribution in [0.4, 0.5) is 20.2 Å². The predicted molar refractivity (Wildman–Crippen MR) is 129 cm³/mol. The summed E-state index contributed by atoms with van der Waals surface area (Å²) in [5.41, 5.74) is 3.77. The Labute approximate surface area is 209 Å². The molecule has 4 aromatic rings. The van der Waals surface area contributed by atoms with E-state index in [2.05, 4.69) is 31.0 Å². The van der Waals surface area contributed by atoms with Gasteiger partial charge in [-0.05, 0) is 19.1 Å². The maximum absolute atomic E-state index is 13.4. The molecule has 2 atom stereocenters. The van der Waals surface area contributed by atoms with Crippen molar-refractivity contribution < 1.29 is 18.4 Å². The van der Waals surface area contributed by atoms with E-state index < -0.39 is 23.7 Å². The van der Waals surface area contributed by atoms with Gasteiger partial charge < -0.3 is 10.6 Å². The summed E-state index contributed by atoms with van der Waals surface area (Å²) < 4.78 is 30.0. The maximum Gasteiger partial charge on any atom is 0.278 e. The molecule has 1 saturated heterocycles. The van der Waals surface area contributed by atoms with Gasteiger partial charge in [-0.2, -0.15) is 5.10 Å². The Morgan fingerprint density at radius 1 is 1.11 bits per heavy atom. The normalized spacial score (nSPS) is 20.1. The van der Waals surface area contributed by atoms with Crippen molar-refractivity contribution in [3.8, 4) is 11.1 Å². The number of fused-ring (bicyclic) bond motifs is 2. The molecular weight excluding hydrogens is 484 g/mol. The molecule has 0 aromatic carbocycles. The second-order valence-electron chi connectivity index (χ2n) is 9.53. The Balaban J connectivity index is 1.13. The molecule has 4 aromatic heterocycles. The number of piperidine rings is 1. The Morgan fingerprint density at radius 3 is 2.62 bits per heavy atom. The number of amides is 2. The topological polar surface area (TPSA) is 122 Å². The van der Waals surface area contributed by atoms with Gasteiger partial charge in [0, 0.05) is 55.5 Å². The number of nitrogens with zero attached hydrogens (tertiary/aromatic N) is 7. The standard InChI is InChI=1S/C24H23F2N9O2/c1-13-19(5-16(7-27-13)29-21(36)12-34-10-17-18(11-34)24(17,25)26)30-23(37)22-20-4-3-14(9-35(20)32-31-22)15-6-28-33(2)8-15/h3-9,17-18H,10-12H2,1-2H3,(H,29,36)(H,30,37). The molecule has 5 heterocycles. The molecule has 13 heteroatoms. The van der Waals surface area contributed by atoms with Gasteiger partial charge >= 0.3 is 0 Å². The summed E-state index contributed by atoms with van der Waals surface area (Å²) >= 11 is 0. The molecule has 2 fully saturated rings. The molecule has 11 nitrogen and oxygen atoms in total. The number of alkyl halides is 2. The highest BCUT2D eigenvalue weighted by Gasteiger charge is 2.71. The van der Waals surface area contributed by atoms with Crippen LogP contribution in [0, 0.1) is 18.8 Å². The minimum Gasteiger partial charge on any atom is -0.324 e. The second kappa shape index (κ2) is 8.40. The molecule has 2 N–H and O–H groups in total. The van der Waals surface area contributed by atoms with Gasteiger partial charge in [0.2, 0.25) is 5.91 Å². The minimum absolute atomic E-state index is 0.0198. The number of halogens is 2. The summed E-state index contributed by atoms with van der Waals surface area (Å²) in [7, 11) is 1.83. The van der Waals surface area contributed by atoms with Crippen LogP contribution in [0.25, 0.3) is 16.6 Å². The zero-order valence-electron chi connectivity index (χ0n) is 20.0. The van der Waals surface area contributed by atoms with Crippen molar-refractivity contribution in [3.05, 3.63) is 54.4 Å². The highest BCUT2D eigenvalue weighted by molar-refractivity contribution is 6.08. The number of anilines is 2. The van der Waals surface area contributed by atoms with E-state index >= 15 is 0 Å². The SMILES string of the molecule is Cc1ncc(NC(=O)CN2CC3C(C2)C3(F)F)cc1NC(=O)c1nnn2cc(-c3cnn(C)c3)ccc12. The van der Waals surface area contributed by atoms with E-state index in [4.69, 9.17) is 0 Å². The number of carbonyl (C=O) groups excluding carboxylic acids is 2. The highest BCUT2D eigenvalue weighted by Crippen LogP contribution is 2.59. The van der Waals surface area contributed by atoms with Crippen molar-refractivity contribution >= 4 is 28.7 Å². The number of rotatable bonds is 6. The Kier molecular flexibility index (Phi) is 5.26. The molecule has 0 radical (unpaired) electrons. The second-order valence-corrected chi connectivity index (χ2v) is 9.53. The van der Waals surface area contributed by atoms with Crippen LogP contribution >= 0.6 is 0 Å². The van der Waals surface area contributed by atoms with Gasteiger partial charge in [-0.1, -0.05) is 11.3 Å². The molecule has 6 rings (SSSR count). The van der Waals surface area contributed by atoms with E-state index in [1.54, 1.807) is 41.0 Å². The molecule has 1 aliphatic carbocycles. The minimum atomic E-state index is -2.58. The van der Waals surface area contributed by atoms with Crippen molar-refractivity contribution in [1.82, 2.24) is 34.5 Å². The van der Waals surface area contributed by atoms with Gasteiger partial charge in [0.05, 0.1) is 41.5 Å². The number of likely N-dealkylation sites (tertiary alicyclic amines) is 1. The third kappa shape index (κ3) is 4.20. The van der Waals surface area contributed by atoms with Crippen molar-refractivity contribution in [2.45, 2.75) is 12.8 Å². The Bertz CT molecular complexity index is 1530. The van der Waals surface area contributed by atoms with Crippen LogP contribution in [0.5, 0.6) is 0 Å². The lowest BCUT2D eigenvalue weighted by molar-refractivity contribution is -0.117.